The Morgan fingerprint density at radius 2 is 0.701 bits per heavy atom. The number of unbranched alkanes of at least 4 members (excludes halogenated alkanes) is 6. The number of rotatable bonds is 21. The first-order valence-electron chi connectivity index (χ1n) is 21.7. The minimum absolute atomic E-state index is 0.238. The van der Waals surface area contributed by atoms with Gasteiger partial charge in [0.05, 0.1) is 13.2 Å². The number of ether oxygens (including phenoxy) is 2. The summed E-state index contributed by atoms with van der Waals surface area (Å²) < 4.78 is 176. The summed E-state index contributed by atoms with van der Waals surface area (Å²) in [7, 11) is 0. The highest BCUT2D eigenvalue weighted by Crippen LogP contribution is 2.39. The lowest BCUT2D eigenvalue weighted by atomic mass is 9.94. The average molecular weight is 943 g/mol. The molecule has 0 N–H and O–H groups in total. The first-order chi connectivity index (χ1) is 31.9. The van der Waals surface area contributed by atoms with Gasteiger partial charge in [-0.15, -0.1) is 6.58 Å². The second-order valence-corrected chi connectivity index (χ2v) is 16.2. The fourth-order valence-electron chi connectivity index (χ4n) is 7.83. The predicted octanol–water partition coefficient (Wildman–Crippen LogP) is 17.4. The van der Waals surface area contributed by atoms with Crippen LogP contribution < -0.4 is 9.47 Å². The molecule has 0 saturated heterocycles. The van der Waals surface area contributed by atoms with Crippen molar-refractivity contribution < 1.29 is 62.2 Å². The molecule has 6 rings (SSSR count). The quantitative estimate of drug-likeness (QED) is 0.0407. The lowest BCUT2D eigenvalue weighted by molar-refractivity contribution is -0.143. The molecule has 6 aromatic rings. The van der Waals surface area contributed by atoms with E-state index in [1.54, 1.807) is 48.5 Å². The zero-order chi connectivity index (χ0) is 48.3. The zero-order valence-electron chi connectivity index (χ0n) is 36.1. The number of hydrogen-bond acceptors (Lipinski definition) is 2. The van der Waals surface area contributed by atoms with Gasteiger partial charge in [0.1, 0.15) is 57.5 Å². The standard InChI is InChI=1S/C53H46F12O2/c1-2-33(11-7-3-5-9-25-66-40-19-13-34(14-20-40)36-17-23-42(44(54)27-36)38-29-46(56)50(47(57)30-38)52(60,61)62)12-8-4-6-10-26-67-41-21-15-35(16-22-41)37-18-24-43(45(55)28-37)39-31-48(58)51(49(59)32-39)53(63,64)65/h2,13-24,27-33H,1,3-12,25-26H2. The van der Waals surface area contributed by atoms with Crippen LogP contribution in [-0.4, -0.2) is 13.2 Å². The van der Waals surface area contributed by atoms with Crippen LogP contribution >= 0.6 is 0 Å². The summed E-state index contributed by atoms with van der Waals surface area (Å²) in [5.41, 5.74) is -3.01. The Hall–Kier alpha value is -6.18. The molecule has 354 valence electrons. The molecule has 0 fully saturated rings. The number of alkyl halides is 6. The zero-order valence-corrected chi connectivity index (χ0v) is 36.1. The topological polar surface area (TPSA) is 18.5 Å². The van der Waals surface area contributed by atoms with E-state index >= 15 is 0 Å². The number of hydrogen-bond donors (Lipinski definition) is 0. The van der Waals surface area contributed by atoms with Crippen LogP contribution in [0.5, 0.6) is 11.5 Å². The van der Waals surface area contributed by atoms with E-state index in [4.69, 9.17) is 9.47 Å². The summed E-state index contributed by atoms with van der Waals surface area (Å²) in [5.74, 6) is -7.27. The SMILES string of the molecule is C=CC(CCCCCCOc1ccc(-c2ccc(-c3cc(F)c(C(F)(F)F)c(F)c3)c(F)c2)cc1)CCCCCCOc1ccc(-c2ccc(-c3cc(F)c(C(F)(F)F)c(F)c3)c(F)c2)cc1. The minimum Gasteiger partial charge on any atom is -0.494 e. The van der Waals surface area contributed by atoms with E-state index in [0.29, 0.717) is 77.1 Å². The molecule has 67 heavy (non-hydrogen) atoms. The third-order valence-corrected chi connectivity index (χ3v) is 11.4. The van der Waals surface area contributed by atoms with Crippen molar-refractivity contribution >= 4 is 0 Å². The Labute approximate surface area is 380 Å². The monoisotopic (exact) mass is 942 g/mol. The molecule has 0 aromatic heterocycles. The van der Waals surface area contributed by atoms with E-state index in [0.717, 1.165) is 76.3 Å². The van der Waals surface area contributed by atoms with Crippen molar-refractivity contribution in [1.29, 1.82) is 0 Å². The summed E-state index contributed by atoms with van der Waals surface area (Å²) in [6.45, 7) is 5.06. The van der Waals surface area contributed by atoms with Gasteiger partial charge in [-0.2, -0.15) is 26.3 Å². The van der Waals surface area contributed by atoms with E-state index in [2.05, 4.69) is 6.58 Å². The highest BCUT2D eigenvalue weighted by molar-refractivity contribution is 5.73. The van der Waals surface area contributed by atoms with Gasteiger partial charge in [0.15, 0.2) is 0 Å². The third kappa shape index (κ3) is 13.5. The molecule has 0 unspecified atom stereocenters. The van der Waals surface area contributed by atoms with Gasteiger partial charge in [-0.05, 0) is 126 Å². The van der Waals surface area contributed by atoms with Crippen LogP contribution in [0, 0.1) is 40.8 Å². The number of halogens is 12. The average Bonchev–Trinajstić information content (AvgIpc) is 3.26. The van der Waals surface area contributed by atoms with Crippen LogP contribution in [-0.2, 0) is 12.4 Å². The smallest absolute Gasteiger partial charge is 0.422 e. The molecular formula is C53H46F12O2. The number of allylic oxidation sites excluding steroid dienone is 1. The van der Waals surface area contributed by atoms with Gasteiger partial charge in [-0.1, -0.05) is 93.1 Å². The maximum Gasteiger partial charge on any atom is 0.422 e. The molecule has 6 aromatic carbocycles. The Kier molecular flexibility index (Phi) is 16.9. The molecule has 2 nitrogen and oxygen atoms in total. The second kappa shape index (κ2) is 22.5. The van der Waals surface area contributed by atoms with E-state index in [-0.39, 0.29) is 22.3 Å². The molecule has 0 saturated carbocycles. The molecule has 0 bridgehead atoms. The van der Waals surface area contributed by atoms with Gasteiger partial charge in [0.25, 0.3) is 0 Å². The van der Waals surface area contributed by atoms with Gasteiger partial charge < -0.3 is 9.47 Å². The van der Waals surface area contributed by atoms with E-state index in [1.807, 2.05) is 6.08 Å². The highest BCUT2D eigenvalue weighted by Gasteiger charge is 2.39. The molecule has 0 heterocycles. The molecule has 14 heteroatoms. The fraction of sp³-hybridized carbons (Fsp3) is 0.283. The maximum atomic E-state index is 15.0. The van der Waals surface area contributed by atoms with Crippen molar-refractivity contribution in [2.45, 2.75) is 76.6 Å². The minimum atomic E-state index is -5.22. The van der Waals surface area contributed by atoms with Crippen molar-refractivity contribution in [3.05, 3.63) is 168 Å². The molecule has 0 aliphatic carbocycles. The summed E-state index contributed by atoms with van der Waals surface area (Å²) in [5, 5.41) is 0. The molecular weight excluding hydrogens is 897 g/mol. The molecule has 0 radical (unpaired) electrons. The van der Waals surface area contributed by atoms with Gasteiger partial charge in [-0.3, -0.25) is 0 Å². The summed E-state index contributed by atoms with van der Waals surface area (Å²) in [6.07, 6.45) is 1.66. The van der Waals surface area contributed by atoms with Crippen molar-refractivity contribution in [3.63, 3.8) is 0 Å². The van der Waals surface area contributed by atoms with Crippen molar-refractivity contribution in [2.75, 3.05) is 13.2 Å². The Morgan fingerprint density at radius 1 is 0.388 bits per heavy atom. The number of benzene rings is 6. The van der Waals surface area contributed by atoms with Crippen LogP contribution in [0.1, 0.15) is 75.3 Å². The second-order valence-electron chi connectivity index (χ2n) is 16.2. The molecule has 0 amide bonds. The lowest BCUT2D eigenvalue weighted by Gasteiger charge is -2.13. The van der Waals surface area contributed by atoms with Crippen molar-refractivity contribution in [1.82, 2.24) is 0 Å². The van der Waals surface area contributed by atoms with Crippen LogP contribution in [0.15, 0.2) is 122 Å². The molecule has 0 aliphatic heterocycles. The van der Waals surface area contributed by atoms with Crippen molar-refractivity contribution in [2.24, 2.45) is 5.92 Å². The van der Waals surface area contributed by atoms with Crippen LogP contribution in [0.25, 0.3) is 44.5 Å². The van der Waals surface area contributed by atoms with Gasteiger partial charge in [-0.25, -0.2) is 26.3 Å². The Morgan fingerprint density at radius 3 is 1.01 bits per heavy atom. The summed E-state index contributed by atoms with van der Waals surface area (Å²) >= 11 is 0. The molecule has 0 atom stereocenters. The fourth-order valence-corrected chi connectivity index (χ4v) is 7.83. The van der Waals surface area contributed by atoms with Crippen LogP contribution in [0.4, 0.5) is 52.7 Å². The van der Waals surface area contributed by atoms with Crippen LogP contribution in [0.3, 0.4) is 0 Å². The molecule has 0 aliphatic rings. The summed E-state index contributed by atoms with van der Waals surface area (Å²) in [4.78, 5) is 0. The van der Waals surface area contributed by atoms with E-state index in [1.165, 1.54) is 24.3 Å². The lowest BCUT2D eigenvalue weighted by Crippen LogP contribution is -2.11. The van der Waals surface area contributed by atoms with Crippen LogP contribution in [0.2, 0.25) is 0 Å². The first kappa shape index (κ1) is 50.2. The predicted molar refractivity (Wildman–Crippen MR) is 235 cm³/mol. The van der Waals surface area contributed by atoms with Gasteiger partial charge >= 0.3 is 12.4 Å². The van der Waals surface area contributed by atoms with Crippen molar-refractivity contribution in [3.8, 4) is 56.0 Å². The Balaban J connectivity index is 0.822. The first-order valence-corrected chi connectivity index (χ1v) is 21.7. The van der Waals surface area contributed by atoms with Gasteiger partial charge in [0, 0.05) is 11.1 Å². The maximum absolute atomic E-state index is 15.0. The Bertz CT molecular complexity index is 2380. The normalized spacial score (nSPS) is 11.9. The van der Waals surface area contributed by atoms with E-state index in [9.17, 15) is 52.7 Å². The van der Waals surface area contributed by atoms with Gasteiger partial charge in [0.2, 0.25) is 0 Å². The highest BCUT2D eigenvalue weighted by atomic mass is 19.4. The molecule has 0 spiro atoms. The largest absolute Gasteiger partial charge is 0.494 e. The summed E-state index contributed by atoms with van der Waals surface area (Å²) in [6, 6.07) is 23.7. The third-order valence-electron chi connectivity index (χ3n) is 11.4. The van der Waals surface area contributed by atoms with E-state index < -0.39 is 58.4 Å².